The standard InChI is InChI=1S/C19H15ClN2O/c1-13-4-6-14(7-5-13)11-16-19(17-3-2-10-23-17)21-18-9-8-15(20)12-22(16)18/h2-10,12H,11H2,1H3. The summed E-state index contributed by atoms with van der Waals surface area (Å²) in [6.07, 6.45) is 4.33. The van der Waals surface area contributed by atoms with Gasteiger partial charge >= 0.3 is 0 Å². The van der Waals surface area contributed by atoms with E-state index in [1.54, 1.807) is 6.26 Å². The Morgan fingerprint density at radius 1 is 1.09 bits per heavy atom. The van der Waals surface area contributed by atoms with Crippen LogP contribution in [-0.2, 0) is 6.42 Å². The molecule has 4 rings (SSSR count). The lowest BCUT2D eigenvalue weighted by Gasteiger charge is -2.05. The van der Waals surface area contributed by atoms with Gasteiger partial charge in [0.15, 0.2) is 5.76 Å². The number of fused-ring (bicyclic) bond motifs is 1. The molecule has 0 N–H and O–H groups in total. The van der Waals surface area contributed by atoms with E-state index < -0.39 is 0 Å². The summed E-state index contributed by atoms with van der Waals surface area (Å²) in [4.78, 5) is 4.72. The minimum absolute atomic E-state index is 0.686. The highest BCUT2D eigenvalue weighted by Crippen LogP contribution is 2.28. The molecule has 1 aromatic carbocycles. The topological polar surface area (TPSA) is 30.4 Å². The molecule has 4 aromatic rings. The lowest BCUT2D eigenvalue weighted by molar-refractivity contribution is 0.579. The molecule has 0 aliphatic carbocycles. The minimum atomic E-state index is 0.686. The van der Waals surface area contributed by atoms with Crippen LogP contribution < -0.4 is 0 Å². The summed E-state index contributed by atoms with van der Waals surface area (Å²) < 4.78 is 7.61. The SMILES string of the molecule is Cc1ccc(Cc2c(-c3ccco3)nc3ccc(Cl)cn23)cc1. The molecule has 3 nitrogen and oxygen atoms in total. The van der Waals surface area contributed by atoms with E-state index in [-0.39, 0.29) is 0 Å². The molecule has 23 heavy (non-hydrogen) atoms. The van der Waals surface area contributed by atoms with Gasteiger partial charge in [0.2, 0.25) is 0 Å². The largest absolute Gasteiger partial charge is 0.463 e. The molecule has 0 aliphatic heterocycles. The zero-order valence-corrected chi connectivity index (χ0v) is 13.4. The number of aromatic nitrogens is 2. The minimum Gasteiger partial charge on any atom is -0.463 e. The van der Waals surface area contributed by atoms with Gasteiger partial charge in [-0.2, -0.15) is 0 Å². The van der Waals surface area contributed by atoms with Gasteiger partial charge in [0.1, 0.15) is 11.3 Å². The Balaban J connectivity index is 1.89. The maximum absolute atomic E-state index is 6.18. The molecule has 114 valence electrons. The third-order valence-corrected chi connectivity index (χ3v) is 4.15. The highest BCUT2D eigenvalue weighted by molar-refractivity contribution is 6.30. The van der Waals surface area contributed by atoms with E-state index in [4.69, 9.17) is 21.0 Å². The van der Waals surface area contributed by atoms with E-state index in [1.807, 2.05) is 34.9 Å². The van der Waals surface area contributed by atoms with Crippen LogP contribution in [0.5, 0.6) is 0 Å². The van der Waals surface area contributed by atoms with Gasteiger partial charge in [0, 0.05) is 12.6 Å². The quantitative estimate of drug-likeness (QED) is 0.522. The summed E-state index contributed by atoms with van der Waals surface area (Å²) in [5.41, 5.74) is 5.27. The van der Waals surface area contributed by atoms with Crippen molar-refractivity contribution in [1.29, 1.82) is 0 Å². The fourth-order valence-corrected chi connectivity index (χ4v) is 2.91. The lowest BCUT2D eigenvalue weighted by atomic mass is 10.1. The maximum Gasteiger partial charge on any atom is 0.154 e. The van der Waals surface area contributed by atoms with E-state index in [2.05, 4.69) is 31.2 Å². The van der Waals surface area contributed by atoms with Crippen LogP contribution in [0, 0.1) is 6.92 Å². The number of hydrogen-bond donors (Lipinski definition) is 0. The number of nitrogens with zero attached hydrogens (tertiary/aromatic N) is 2. The second kappa shape index (κ2) is 5.60. The summed E-state index contributed by atoms with van der Waals surface area (Å²) in [7, 11) is 0. The lowest BCUT2D eigenvalue weighted by Crippen LogP contribution is -1.96. The van der Waals surface area contributed by atoms with Gasteiger partial charge in [-0.15, -0.1) is 0 Å². The zero-order valence-electron chi connectivity index (χ0n) is 12.7. The second-order valence-corrected chi connectivity index (χ2v) is 6.06. The second-order valence-electron chi connectivity index (χ2n) is 5.62. The van der Waals surface area contributed by atoms with E-state index >= 15 is 0 Å². The number of pyridine rings is 1. The highest BCUT2D eigenvalue weighted by Gasteiger charge is 2.16. The van der Waals surface area contributed by atoms with E-state index in [9.17, 15) is 0 Å². The van der Waals surface area contributed by atoms with Crippen LogP contribution in [0.3, 0.4) is 0 Å². The average Bonchev–Trinajstić information content (AvgIpc) is 3.18. The van der Waals surface area contributed by atoms with E-state index in [0.717, 1.165) is 29.2 Å². The van der Waals surface area contributed by atoms with Gasteiger partial charge in [-0.3, -0.25) is 0 Å². The van der Waals surface area contributed by atoms with Crippen LogP contribution in [0.2, 0.25) is 5.02 Å². The molecule has 0 amide bonds. The molecule has 0 fully saturated rings. The Labute approximate surface area is 139 Å². The van der Waals surface area contributed by atoms with Crippen LogP contribution >= 0.6 is 11.6 Å². The smallest absolute Gasteiger partial charge is 0.154 e. The Hall–Kier alpha value is -2.52. The molecule has 0 spiro atoms. The first-order valence-corrected chi connectivity index (χ1v) is 7.84. The van der Waals surface area contributed by atoms with Crippen molar-refractivity contribution < 1.29 is 4.42 Å². The van der Waals surface area contributed by atoms with Crippen LogP contribution in [0.15, 0.2) is 65.4 Å². The molecule has 0 bridgehead atoms. The summed E-state index contributed by atoms with van der Waals surface area (Å²) in [6.45, 7) is 2.09. The Morgan fingerprint density at radius 3 is 2.65 bits per heavy atom. The number of hydrogen-bond acceptors (Lipinski definition) is 2. The maximum atomic E-state index is 6.18. The first kappa shape index (κ1) is 14.1. The van der Waals surface area contributed by atoms with Gasteiger partial charge in [-0.25, -0.2) is 4.98 Å². The number of benzene rings is 1. The van der Waals surface area contributed by atoms with Crippen molar-refractivity contribution in [1.82, 2.24) is 9.38 Å². The third kappa shape index (κ3) is 2.64. The Bertz CT molecular complexity index is 953. The molecule has 3 aromatic heterocycles. The van der Waals surface area contributed by atoms with Crippen LogP contribution in [-0.4, -0.2) is 9.38 Å². The van der Waals surface area contributed by atoms with Crippen molar-refractivity contribution >= 4 is 17.2 Å². The predicted molar refractivity (Wildman–Crippen MR) is 91.9 cm³/mol. The Kier molecular flexibility index (Phi) is 3.43. The molecule has 0 saturated carbocycles. The molecular weight excluding hydrogens is 308 g/mol. The summed E-state index contributed by atoms with van der Waals surface area (Å²) >= 11 is 6.18. The number of imidazole rings is 1. The van der Waals surface area contributed by atoms with Gasteiger partial charge < -0.3 is 8.82 Å². The van der Waals surface area contributed by atoms with Crippen LogP contribution in [0.4, 0.5) is 0 Å². The molecule has 0 saturated heterocycles. The third-order valence-electron chi connectivity index (χ3n) is 3.93. The van der Waals surface area contributed by atoms with Crippen molar-refractivity contribution in [2.75, 3.05) is 0 Å². The average molecular weight is 323 g/mol. The monoisotopic (exact) mass is 322 g/mol. The van der Waals surface area contributed by atoms with Gasteiger partial charge in [0.05, 0.1) is 17.0 Å². The summed E-state index contributed by atoms with van der Waals surface area (Å²) in [5.74, 6) is 0.770. The highest BCUT2D eigenvalue weighted by atomic mass is 35.5. The van der Waals surface area contributed by atoms with Crippen molar-refractivity contribution in [3.8, 4) is 11.5 Å². The van der Waals surface area contributed by atoms with Gasteiger partial charge in [-0.05, 0) is 36.8 Å². The number of furan rings is 1. The fourth-order valence-electron chi connectivity index (χ4n) is 2.75. The first-order valence-electron chi connectivity index (χ1n) is 7.46. The van der Waals surface area contributed by atoms with Gasteiger partial charge in [-0.1, -0.05) is 41.4 Å². The molecule has 0 unspecified atom stereocenters. The molecule has 0 aliphatic rings. The predicted octanol–water partition coefficient (Wildman–Crippen LogP) is 5.15. The van der Waals surface area contributed by atoms with Crippen molar-refractivity contribution in [3.63, 3.8) is 0 Å². The summed E-state index contributed by atoms with van der Waals surface area (Å²) in [5, 5.41) is 0.686. The van der Waals surface area contributed by atoms with E-state index in [1.165, 1.54) is 11.1 Å². The Morgan fingerprint density at radius 2 is 1.91 bits per heavy atom. The van der Waals surface area contributed by atoms with Crippen molar-refractivity contribution in [2.45, 2.75) is 13.3 Å². The fraction of sp³-hybridized carbons (Fsp3) is 0.105. The molecule has 0 radical (unpaired) electrons. The molecular formula is C19H15ClN2O. The number of rotatable bonds is 3. The van der Waals surface area contributed by atoms with E-state index in [0.29, 0.717) is 5.02 Å². The normalized spacial score (nSPS) is 11.2. The van der Waals surface area contributed by atoms with Crippen molar-refractivity contribution in [2.24, 2.45) is 0 Å². The van der Waals surface area contributed by atoms with Crippen LogP contribution in [0.1, 0.15) is 16.8 Å². The number of halogens is 1. The first-order chi connectivity index (χ1) is 11.2. The number of aryl methyl sites for hydroxylation is 1. The van der Waals surface area contributed by atoms with Gasteiger partial charge in [0.25, 0.3) is 0 Å². The molecule has 0 atom stereocenters. The van der Waals surface area contributed by atoms with Crippen molar-refractivity contribution in [3.05, 3.63) is 82.8 Å². The molecule has 3 heterocycles. The zero-order chi connectivity index (χ0) is 15.8. The summed E-state index contributed by atoms with van der Waals surface area (Å²) in [6, 6.07) is 16.1. The van der Waals surface area contributed by atoms with Crippen LogP contribution in [0.25, 0.3) is 17.1 Å². The molecule has 4 heteroatoms.